The summed E-state index contributed by atoms with van der Waals surface area (Å²) in [5.41, 5.74) is 8.60. The van der Waals surface area contributed by atoms with Gasteiger partial charge in [-0.15, -0.1) is 0 Å². The number of esters is 1. The van der Waals surface area contributed by atoms with Gasteiger partial charge in [0.05, 0.1) is 0 Å². The van der Waals surface area contributed by atoms with Gasteiger partial charge in [0, 0.05) is 21.1 Å². The molecular weight excluding hydrogens is 332 g/mol. The Kier molecular flexibility index (Phi) is 3.66. The van der Waals surface area contributed by atoms with Crippen molar-refractivity contribution in [1.82, 2.24) is 4.98 Å². The van der Waals surface area contributed by atoms with Crippen LogP contribution in [0.5, 0.6) is 0 Å². The molecule has 0 atom stereocenters. The van der Waals surface area contributed by atoms with Gasteiger partial charge in [-0.05, 0) is 42.0 Å². The number of carbonyl (C=O) groups is 1. The lowest BCUT2D eigenvalue weighted by atomic mass is 10.2. The Balaban J connectivity index is 1.74. The van der Waals surface area contributed by atoms with E-state index in [2.05, 4.69) is 20.9 Å². The van der Waals surface area contributed by atoms with E-state index in [1.54, 1.807) is 12.1 Å². The zero-order valence-electron chi connectivity index (χ0n) is 11.1. The Morgan fingerprint density at radius 3 is 2.86 bits per heavy atom. The molecule has 0 bridgehead atoms. The molecule has 0 spiro atoms. The molecule has 0 fully saturated rings. The third-order valence-electron chi connectivity index (χ3n) is 3.12. The van der Waals surface area contributed by atoms with Gasteiger partial charge in [-0.2, -0.15) is 0 Å². The number of aromatic amines is 1. The molecule has 0 saturated carbocycles. The maximum atomic E-state index is 12.1. The van der Waals surface area contributed by atoms with Crippen LogP contribution in [0.25, 0.3) is 10.9 Å². The Hall–Kier alpha value is -2.27. The zero-order chi connectivity index (χ0) is 14.8. The Bertz CT molecular complexity index is 811. The largest absolute Gasteiger partial charge is 0.456 e. The molecule has 3 aromatic rings. The fourth-order valence-corrected chi connectivity index (χ4v) is 2.56. The van der Waals surface area contributed by atoms with Gasteiger partial charge in [-0.25, -0.2) is 4.79 Å². The van der Waals surface area contributed by atoms with Crippen molar-refractivity contribution in [1.29, 1.82) is 0 Å². The van der Waals surface area contributed by atoms with Crippen molar-refractivity contribution in [2.75, 3.05) is 5.73 Å². The second-order valence-electron chi connectivity index (χ2n) is 4.74. The molecule has 1 aromatic heterocycles. The predicted molar refractivity (Wildman–Crippen MR) is 86.0 cm³/mol. The van der Waals surface area contributed by atoms with Crippen LogP contribution in [0.15, 0.2) is 53.0 Å². The topological polar surface area (TPSA) is 68.1 Å². The van der Waals surface area contributed by atoms with Crippen LogP contribution in [-0.4, -0.2) is 11.0 Å². The van der Waals surface area contributed by atoms with E-state index >= 15 is 0 Å². The smallest absolute Gasteiger partial charge is 0.355 e. The van der Waals surface area contributed by atoms with Crippen molar-refractivity contribution in [2.24, 2.45) is 0 Å². The maximum Gasteiger partial charge on any atom is 0.355 e. The summed E-state index contributed by atoms with van der Waals surface area (Å²) in [6.45, 7) is 0.232. The molecule has 5 heteroatoms. The standard InChI is InChI=1S/C16H13BrN2O2/c17-12-3-1-2-10(6-12)9-21-16(20)15-8-11-7-13(18)4-5-14(11)19-15/h1-8,19H,9,18H2. The number of rotatable bonds is 3. The Labute approximate surface area is 130 Å². The summed E-state index contributed by atoms with van der Waals surface area (Å²) in [6, 6.07) is 14.8. The van der Waals surface area contributed by atoms with Crippen molar-refractivity contribution in [2.45, 2.75) is 6.61 Å². The van der Waals surface area contributed by atoms with E-state index in [4.69, 9.17) is 10.5 Å². The highest BCUT2D eigenvalue weighted by atomic mass is 79.9. The van der Waals surface area contributed by atoms with Crippen molar-refractivity contribution < 1.29 is 9.53 Å². The average molecular weight is 345 g/mol. The van der Waals surface area contributed by atoms with Crippen LogP contribution in [0.4, 0.5) is 5.69 Å². The number of benzene rings is 2. The van der Waals surface area contributed by atoms with Gasteiger partial charge in [0.1, 0.15) is 12.3 Å². The minimum Gasteiger partial charge on any atom is -0.456 e. The number of hydrogen-bond donors (Lipinski definition) is 2. The highest BCUT2D eigenvalue weighted by molar-refractivity contribution is 9.10. The van der Waals surface area contributed by atoms with Gasteiger partial charge >= 0.3 is 5.97 Å². The van der Waals surface area contributed by atoms with E-state index in [9.17, 15) is 4.79 Å². The molecule has 106 valence electrons. The number of H-pyrrole nitrogens is 1. The molecule has 0 radical (unpaired) electrons. The summed E-state index contributed by atoms with van der Waals surface area (Å²) in [5, 5.41) is 0.893. The molecule has 0 amide bonds. The van der Waals surface area contributed by atoms with Gasteiger partial charge in [-0.3, -0.25) is 0 Å². The van der Waals surface area contributed by atoms with Crippen molar-refractivity contribution in [3.8, 4) is 0 Å². The fraction of sp³-hybridized carbons (Fsp3) is 0.0625. The molecule has 0 aliphatic carbocycles. The third-order valence-corrected chi connectivity index (χ3v) is 3.62. The monoisotopic (exact) mass is 344 g/mol. The number of aromatic nitrogens is 1. The van der Waals surface area contributed by atoms with E-state index in [1.807, 2.05) is 36.4 Å². The molecule has 0 aliphatic rings. The number of nitrogen functional groups attached to an aromatic ring is 1. The van der Waals surface area contributed by atoms with Gasteiger partial charge in [0.15, 0.2) is 0 Å². The normalized spacial score (nSPS) is 10.7. The summed E-state index contributed by atoms with van der Waals surface area (Å²) < 4.78 is 6.26. The van der Waals surface area contributed by atoms with E-state index in [0.717, 1.165) is 20.9 Å². The highest BCUT2D eigenvalue weighted by Crippen LogP contribution is 2.19. The number of carbonyl (C=O) groups excluding carboxylic acids is 1. The van der Waals surface area contributed by atoms with Gasteiger partial charge in [-0.1, -0.05) is 28.1 Å². The van der Waals surface area contributed by atoms with E-state index in [1.165, 1.54) is 0 Å². The molecular formula is C16H13BrN2O2. The number of nitrogens with one attached hydrogen (secondary N) is 1. The molecule has 3 rings (SSSR count). The SMILES string of the molecule is Nc1ccc2[nH]c(C(=O)OCc3cccc(Br)c3)cc2c1. The summed E-state index contributed by atoms with van der Waals surface area (Å²) in [6.07, 6.45) is 0. The molecule has 2 aromatic carbocycles. The molecule has 0 aliphatic heterocycles. The number of fused-ring (bicyclic) bond motifs is 1. The lowest BCUT2D eigenvalue weighted by molar-refractivity contribution is 0.0467. The number of halogens is 1. The highest BCUT2D eigenvalue weighted by Gasteiger charge is 2.11. The lowest BCUT2D eigenvalue weighted by Gasteiger charge is -2.03. The van der Waals surface area contributed by atoms with Gasteiger partial charge in [0.25, 0.3) is 0 Å². The van der Waals surface area contributed by atoms with Crippen LogP contribution in [0.3, 0.4) is 0 Å². The number of ether oxygens (including phenoxy) is 1. The van der Waals surface area contributed by atoms with Gasteiger partial charge in [0.2, 0.25) is 0 Å². The van der Waals surface area contributed by atoms with Crippen LogP contribution in [0, 0.1) is 0 Å². The second-order valence-corrected chi connectivity index (χ2v) is 5.65. The minimum absolute atomic E-state index is 0.232. The molecule has 3 N–H and O–H groups in total. The summed E-state index contributed by atoms with van der Waals surface area (Å²) in [4.78, 5) is 15.1. The molecule has 1 heterocycles. The van der Waals surface area contributed by atoms with Gasteiger partial charge < -0.3 is 15.5 Å². The van der Waals surface area contributed by atoms with Crippen molar-refractivity contribution in [3.05, 3.63) is 64.3 Å². The summed E-state index contributed by atoms with van der Waals surface area (Å²) in [5.74, 6) is -0.384. The number of hydrogen-bond acceptors (Lipinski definition) is 3. The first-order valence-corrected chi connectivity index (χ1v) is 7.21. The van der Waals surface area contributed by atoms with Crippen molar-refractivity contribution >= 4 is 38.5 Å². The first kappa shape index (κ1) is 13.7. The average Bonchev–Trinajstić information content (AvgIpc) is 2.88. The van der Waals surface area contributed by atoms with E-state index in [-0.39, 0.29) is 12.6 Å². The van der Waals surface area contributed by atoms with Crippen LogP contribution in [-0.2, 0) is 11.3 Å². The molecule has 0 saturated heterocycles. The zero-order valence-corrected chi connectivity index (χ0v) is 12.7. The van der Waals surface area contributed by atoms with Crippen molar-refractivity contribution in [3.63, 3.8) is 0 Å². The first-order valence-electron chi connectivity index (χ1n) is 6.41. The second kappa shape index (κ2) is 5.61. The third kappa shape index (κ3) is 3.08. The minimum atomic E-state index is -0.384. The lowest BCUT2D eigenvalue weighted by Crippen LogP contribution is -2.05. The van der Waals surface area contributed by atoms with E-state index < -0.39 is 0 Å². The number of nitrogens with two attached hydrogens (primary N) is 1. The molecule has 4 nitrogen and oxygen atoms in total. The summed E-state index contributed by atoms with van der Waals surface area (Å²) >= 11 is 3.39. The maximum absolute atomic E-state index is 12.1. The Morgan fingerprint density at radius 2 is 2.05 bits per heavy atom. The Morgan fingerprint density at radius 1 is 1.19 bits per heavy atom. The van der Waals surface area contributed by atoms with Crippen LogP contribution in [0.1, 0.15) is 16.1 Å². The molecule has 21 heavy (non-hydrogen) atoms. The quantitative estimate of drug-likeness (QED) is 0.559. The molecule has 0 unspecified atom stereocenters. The number of anilines is 1. The van der Waals surface area contributed by atoms with Crippen LogP contribution in [0.2, 0.25) is 0 Å². The summed E-state index contributed by atoms with van der Waals surface area (Å²) in [7, 11) is 0. The predicted octanol–water partition coefficient (Wildman–Crippen LogP) is 3.87. The van der Waals surface area contributed by atoms with Crippen LogP contribution >= 0.6 is 15.9 Å². The van der Waals surface area contributed by atoms with E-state index in [0.29, 0.717) is 11.4 Å². The first-order chi connectivity index (χ1) is 10.1. The fourth-order valence-electron chi connectivity index (χ4n) is 2.11. The van der Waals surface area contributed by atoms with Crippen LogP contribution < -0.4 is 5.73 Å².